The number of thioether (sulfide) groups is 1. The Labute approximate surface area is 52.1 Å². The van der Waals surface area contributed by atoms with Gasteiger partial charge in [0.1, 0.15) is 0 Å². The van der Waals surface area contributed by atoms with Gasteiger partial charge in [-0.1, -0.05) is 11.8 Å². The third kappa shape index (κ3) is 0.838. The van der Waals surface area contributed by atoms with Crippen molar-refractivity contribution < 1.29 is 0 Å². The van der Waals surface area contributed by atoms with Gasteiger partial charge in [-0.05, 0) is 6.26 Å². The first-order valence-electron chi connectivity index (χ1n) is 2.15. The van der Waals surface area contributed by atoms with E-state index in [2.05, 4.69) is 16.4 Å². The molecule has 0 saturated heterocycles. The molecule has 0 saturated carbocycles. The SMILES string of the molecule is CSc1n[c]nn1C. The van der Waals surface area contributed by atoms with E-state index in [0.29, 0.717) is 0 Å². The summed E-state index contributed by atoms with van der Waals surface area (Å²) in [6, 6.07) is 0. The van der Waals surface area contributed by atoms with Crippen molar-refractivity contribution in [1.82, 2.24) is 14.8 Å². The molecule has 0 aliphatic carbocycles. The quantitative estimate of drug-likeness (QED) is 0.511. The molecule has 1 rings (SSSR count). The van der Waals surface area contributed by atoms with E-state index < -0.39 is 0 Å². The van der Waals surface area contributed by atoms with Gasteiger partial charge in [0.15, 0.2) is 5.16 Å². The van der Waals surface area contributed by atoms with Crippen LogP contribution in [0.15, 0.2) is 5.16 Å². The lowest BCUT2D eigenvalue weighted by atomic mass is 11.2. The van der Waals surface area contributed by atoms with Crippen molar-refractivity contribution in [3.8, 4) is 0 Å². The largest absolute Gasteiger partial charge is 0.243 e. The van der Waals surface area contributed by atoms with Crippen LogP contribution in [0.4, 0.5) is 0 Å². The van der Waals surface area contributed by atoms with Crippen molar-refractivity contribution in [2.24, 2.45) is 7.05 Å². The van der Waals surface area contributed by atoms with Gasteiger partial charge in [-0.2, -0.15) is 4.98 Å². The second-order valence-corrected chi connectivity index (χ2v) is 2.10. The van der Waals surface area contributed by atoms with Crippen molar-refractivity contribution >= 4 is 11.8 Å². The average molecular weight is 128 g/mol. The van der Waals surface area contributed by atoms with Crippen molar-refractivity contribution in [3.63, 3.8) is 0 Å². The number of hydrogen-bond acceptors (Lipinski definition) is 3. The highest BCUT2D eigenvalue weighted by molar-refractivity contribution is 7.98. The number of aromatic nitrogens is 3. The standard InChI is InChI=1S/C4H6N3S/c1-7-4(8-2)5-3-6-7/h1-2H3. The molecule has 0 spiro atoms. The Kier molecular flexibility index (Phi) is 1.53. The van der Waals surface area contributed by atoms with E-state index in [1.54, 1.807) is 16.4 Å². The van der Waals surface area contributed by atoms with E-state index >= 15 is 0 Å². The maximum Gasteiger partial charge on any atom is 0.221 e. The Morgan fingerprint density at radius 3 is 2.75 bits per heavy atom. The first-order valence-corrected chi connectivity index (χ1v) is 3.38. The van der Waals surface area contributed by atoms with Gasteiger partial charge in [0, 0.05) is 7.05 Å². The smallest absolute Gasteiger partial charge is 0.221 e. The molecule has 0 unspecified atom stereocenters. The molecule has 4 heteroatoms. The summed E-state index contributed by atoms with van der Waals surface area (Å²) in [7, 11) is 1.84. The maximum atomic E-state index is 3.82. The molecule has 3 nitrogen and oxygen atoms in total. The number of nitrogens with zero attached hydrogens (tertiary/aromatic N) is 3. The fraction of sp³-hybridized carbons (Fsp3) is 0.500. The summed E-state index contributed by atoms with van der Waals surface area (Å²) in [5, 5.41) is 4.64. The highest BCUT2D eigenvalue weighted by Crippen LogP contribution is 2.05. The number of rotatable bonds is 1. The van der Waals surface area contributed by atoms with Crippen LogP contribution in [0.5, 0.6) is 0 Å². The lowest BCUT2D eigenvalue weighted by Gasteiger charge is -1.89. The van der Waals surface area contributed by atoms with E-state index in [1.165, 1.54) is 0 Å². The molecule has 1 radical (unpaired) electrons. The van der Waals surface area contributed by atoms with Crippen LogP contribution < -0.4 is 0 Å². The van der Waals surface area contributed by atoms with Gasteiger partial charge < -0.3 is 0 Å². The summed E-state index contributed by atoms with van der Waals surface area (Å²) in [5.74, 6) is 0. The van der Waals surface area contributed by atoms with E-state index in [1.807, 2.05) is 13.3 Å². The number of aryl methyl sites for hydroxylation is 1. The van der Waals surface area contributed by atoms with Gasteiger partial charge in [0.2, 0.25) is 6.33 Å². The Balaban J connectivity index is 2.92. The maximum absolute atomic E-state index is 3.82. The van der Waals surface area contributed by atoms with Crippen molar-refractivity contribution in [2.75, 3.05) is 6.26 Å². The fourth-order valence-corrected chi connectivity index (χ4v) is 0.862. The predicted molar refractivity (Wildman–Crippen MR) is 31.6 cm³/mol. The summed E-state index contributed by atoms with van der Waals surface area (Å²) in [5.41, 5.74) is 0. The molecule has 0 amide bonds. The molecule has 1 aromatic heterocycles. The molecule has 0 N–H and O–H groups in total. The molecule has 1 aromatic rings. The summed E-state index contributed by atoms with van der Waals surface area (Å²) < 4.78 is 1.69. The molecular weight excluding hydrogens is 122 g/mol. The lowest BCUT2D eigenvalue weighted by molar-refractivity contribution is 0.685. The highest BCUT2D eigenvalue weighted by Gasteiger charge is 1.93. The molecule has 0 atom stereocenters. The van der Waals surface area contributed by atoms with Crippen molar-refractivity contribution in [3.05, 3.63) is 6.33 Å². The van der Waals surface area contributed by atoms with Crippen LogP contribution in [0.3, 0.4) is 0 Å². The average Bonchev–Trinajstić information content (AvgIpc) is 2.14. The lowest BCUT2D eigenvalue weighted by Crippen LogP contribution is -1.90. The Hall–Kier alpha value is -0.510. The monoisotopic (exact) mass is 128 g/mol. The molecule has 0 aromatic carbocycles. The molecule has 8 heavy (non-hydrogen) atoms. The van der Waals surface area contributed by atoms with E-state index in [9.17, 15) is 0 Å². The molecule has 0 fully saturated rings. The Morgan fingerprint density at radius 2 is 2.50 bits per heavy atom. The summed E-state index contributed by atoms with van der Waals surface area (Å²) in [6.07, 6.45) is 4.45. The van der Waals surface area contributed by atoms with E-state index in [4.69, 9.17) is 0 Å². The first-order chi connectivity index (χ1) is 3.84. The minimum atomic E-state index is 0.894. The van der Waals surface area contributed by atoms with Crippen LogP contribution >= 0.6 is 11.8 Å². The topological polar surface area (TPSA) is 30.7 Å². The zero-order valence-electron chi connectivity index (χ0n) is 4.75. The van der Waals surface area contributed by atoms with Crippen molar-refractivity contribution in [2.45, 2.75) is 5.16 Å². The second kappa shape index (κ2) is 2.17. The van der Waals surface area contributed by atoms with Gasteiger partial charge in [-0.3, -0.25) is 0 Å². The predicted octanol–water partition coefficient (Wildman–Crippen LogP) is 0.337. The summed E-state index contributed by atoms with van der Waals surface area (Å²) in [4.78, 5) is 3.82. The second-order valence-electron chi connectivity index (χ2n) is 1.32. The summed E-state index contributed by atoms with van der Waals surface area (Å²) in [6.45, 7) is 0. The van der Waals surface area contributed by atoms with Gasteiger partial charge >= 0.3 is 0 Å². The molecular formula is C4H6N3S. The van der Waals surface area contributed by atoms with Gasteiger partial charge in [-0.25, -0.2) is 4.68 Å². The zero-order chi connectivity index (χ0) is 5.98. The third-order valence-electron chi connectivity index (χ3n) is 0.800. The normalized spacial score (nSPS) is 9.75. The Morgan fingerprint density at radius 1 is 1.75 bits per heavy atom. The molecule has 0 aliphatic heterocycles. The first kappa shape index (κ1) is 5.62. The van der Waals surface area contributed by atoms with Gasteiger partial charge in [0.25, 0.3) is 0 Å². The fourth-order valence-electron chi connectivity index (χ4n) is 0.425. The zero-order valence-corrected chi connectivity index (χ0v) is 5.57. The van der Waals surface area contributed by atoms with Gasteiger partial charge in [-0.15, -0.1) is 5.10 Å². The minimum absolute atomic E-state index is 0.894. The van der Waals surface area contributed by atoms with Gasteiger partial charge in [0.05, 0.1) is 0 Å². The van der Waals surface area contributed by atoms with Crippen LogP contribution in [0, 0.1) is 6.33 Å². The van der Waals surface area contributed by atoms with Crippen LogP contribution in [0.25, 0.3) is 0 Å². The Bertz CT molecular complexity index is 172. The molecule has 0 aliphatic rings. The third-order valence-corrected chi connectivity index (χ3v) is 1.52. The van der Waals surface area contributed by atoms with Crippen LogP contribution in [0.2, 0.25) is 0 Å². The van der Waals surface area contributed by atoms with E-state index in [-0.39, 0.29) is 0 Å². The molecule has 1 heterocycles. The van der Waals surface area contributed by atoms with E-state index in [0.717, 1.165) is 5.16 Å². The minimum Gasteiger partial charge on any atom is -0.243 e. The van der Waals surface area contributed by atoms with Crippen molar-refractivity contribution in [1.29, 1.82) is 0 Å². The summed E-state index contributed by atoms with van der Waals surface area (Å²) >= 11 is 1.56. The van der Waals surface area contributed by atoms with Crippen LogP contribution in [-0.2, 0) is 7.05 Å². The number of hydrogen-bond donors (Lipinski definition) is 0. The molecule has 0 bridgehead atoms. The van der Waals surface area contributed by atoms with Crippen LogP contribution in [0.1, 0.15) is 0 Å². The molecule has 43 valence electrons. The van der Waals surface area contributed by atoms with Crippen LogP contribution in [-0.4, -0.2) is 21.0 Å². The highest BCUT2D eigenvalue weighted by atomic mass is 32.2.